The van der Waals surface area contributed by atoms with Gasteiger partial charge in [-0.05, 0) is 28.1 Å². The Balaban J connectivity index is 2.47. The number of anilines is 1. The lowest BCUT2D eigenvalue weighted by Gasteiger charge is -1.97. The van der Waals surface area contributed by atoms with Crippen LogP contribution in [0.2, 0.25) is 0 Å². The van der Waals surface area contributed by atoms with Gasteiger partial charge < -0.3 is 5.73 Å². The molecule has 0 aliphatic heterocycles. The molecule has 4 heteroatoms. The standard InChI is InChI=1S/C9H7BrN2S/c10-9-8(12-5-13-9)6-1-3-7(11)4-2-6/h1-5H,11H2. The van der Waals surface area contributed by atoms with Crippen LogP contribution in [0.5, 0.6) is 0 Å². The van der Waals surface area contributed by atoms with Crippen LogP contribution in [0.25, 0.3) is 11.3 Å². The normalized spacial score (nSPS) is 10.2. The van der Waals surface area contributed by atoms with Gasteiger partial charge in [-0.25, -0.2) is 4.98 Å². The summed E-state index contributed by atoms with van der Waals surface area (Å²) in [6, 6.07) is 7.69. The van der Waals surface area contributed by atoms with Crippen molar-refractivity contribution in [3.63, 3.8) is 0 Å². The first-order valence-corrected chi connectivity index (χ1v) is 5.39. The Morgan fingerprint density at radius 1 is 1.23 bits per heavy atom. The molecule has 66 valence electrons. The van der Waals surface area contributed by atoms with Crippen LogP contribution in [-0.4, -0.2) is 4.98 Å². The molecule has 1 heterocycles. The third kappa shape index (κ3) is 1.73. The van der Waals surface area contributed by atoms with Crippen LogP contribution in [0.1, 0.15) is 0 Å². The quantitative estimate of drug-likeness (QED) is 0.795. The van der Waals surface area contributed by atoms with Gasteiger partial charge in [0.15, 0.2) is 0 Å². The van der Waals surface area contributed by atoms with Crippen molar-refractivity contribution in [1.82, 2.24) is 4.98 Å². The Hall–Kier alpha value is -0.870. The fourth-order valence-electron chi connectivity index (χ4n) is 1.06. The molecule has 0 fully saturated rings. The number of nitrogens with zero attached hydrogens (tertiary/aromatic N) is 1. The molecule has 0 aliphatic carbocycles. The van der Waals surface area contributed by atoms with E-state index in [1.807, 2.05) is 29.8 Å². The van der Waals surface area contributed by atoms with Gasteiger partial charge in [0.1, 0.15) is 0 Å². The summed E-state index contributed by atoms with van der Waals surface area (Å²) in [6.45, 7) is 0. The van der Waals surface area contributed by atoms with Crippen molar-refractivity contribution in [1.29, 1.82) is 0 Å². The molecule has 0 aliphatic rings. The van der Waals surface area contributed by atoms with Gasteiger partial charge >= 0.3 is 0 Å². The summed E-state index contributed by atoms with van der Waals surface area (Å²) < 4.78 is 1.05. The number of benzene rings is 1. The van der Waals surface area contributed by atoms with Crippen LogP contribution in [0.4, 0.5) is 5.69 Å². The number of halogens is 1. The zero-order chi connectivity index (χ0) is 9.26. The van der Waals surface area contributed by atoms with E-state index in [0.29, 0.717) is 0 Å². The predicted octanol–water partition coefficient (Wildman–Crippen LogP) is 3.15. The van der Waals surface area contributed by atoms with E-state index in [-0.39, 0.29) is 0 Å². The van der Waals surface area contributed by atoms with Crippen LogP contribution in [0.15, 0.2) is 33.6 Å². The number of aromatic nitrogens is 1. The lowest BCUT2D eigenvalue weighted by Crippen LogP contribution is -1.84. The van der Waals surface area contributed by atoms with Crippen molar-refractivity contribution in [2.45, 2.75) is 0 Å². The fraction of sp³-hybridized carbons (Fsp3) is 0. The molecule has 0 bridgehead atoms. The maximum Gasteiger partial charge on any atom is 0.0976 e. The Kier molecular flexibility index (Phi) is 2.33. The number of nitrogen functional groups attached to an aromatic ring is 1. The van der Waals surface area contributed by atoms with Gasteiger partial charge in [-0.15, -0.1) is 11.3 Å². The Bertz CT molecular complexity index is 408. The highest BCUT2D eigenvalue weighted by molar-refractivity contribution is 9.11. The third-order valence-electron chi connectivity index (χ3n) is 1.71. The summed E-state index contributed by atoms with van der Waals surface area (Å²) in [4.78, 5) is 4.25. The molecule has 0 radical (unpaired) electrons. The van der Waals surface area contributed by atoms with Gasteiger partial charge in [-0.3, -0.25) is 0 Å². The molecule has 2 N–H and O–H groups in total. The summed E-state index contributed by atoms with van der Waals surface area (Å²) in [5.74, 6) is 0. The molecule has 0 atom stereocenters. The molecule has 13 heavy (non-hydrogen) atoms. The second-order valence-corrected chi connectivity index (χ2v) is 4.77. The highest BCUT2D eigenvalue weighted by Gasteiger charge is 2.04. The average Bonchev–Trinajstić information content (AvgIpc) is 2.53. The van der Waals surface area contributed by atoms with Gasteiger partial charge in [-0.2, -0.15) is 0 Å². The van der Waals surface area contributed by atoms with E-state index in [1.54, 1.807) is 11.3 Å². The van der Waals surface area contributed by atoms with Crippen LogP contribution >= 0.6 is 27.3 Å². The number of rotatable bonds is 1. The molecule has 2 rings (SSSR count). The topological polar surface area (TPSA) is 38.9 Å². The van der Waals surface area contributed by atoms with E-state index in [9.17, 15) is 0 Å². The van der Waals surface area contributed by atoms with Gasteiger partial charge in [0.2, 0.25) is 0 Å². The zero-order valence-corrected chi connectivity index (χ0v) is 9.10. The molecule has 1 aromatic heterocycles. The van der Waals surface area contributed by atoms with Gasteiger partial charge in [-0.1, -0.05) is 12.1 Å². The maximum absolute atomic E-state index is 5.59. The molecule has 0 unspecified atom stereocenters. The maximum atomic E-state index is 5.59. The summed E-state index contributed by atoms with van der Waals surface area (Å²) in [5, 5.41) is 0. The van der Waals surface area contributed by atoms with Crippen molar-refractivity contribution in [3.8, 4) is 11.3 Å². The van der Waals surface area contributed by atoms with E-state index in [0.717, 1.165) is 20.7 Å². The van der Waals surface area contributed by atoms with Crippen LogP contribution in [-0.2, 0) is 0 Å². The number of hydrogen-bond donors (Lipinski definition) is 1. The molecule has 0 amide bonds. The summed E-state index contributed by atoms with van der Waals surface area (Å²) >= 11 is 5.02. The largest absolute Gasteiger partial charge is 0.399 e. The predicted molar refractivity (Wildman–Crippen MR) is 59.7 cm³/mol. The van der Waals surface area contributed by atoms with Crippen molar-refractivity contribution in [2.75, 3.05) is 5.73 Å². The first-order valence-electron chi connectivity index (χ1n) is 3.72. The minimum Gasteiger partial charge on any atom is -0.399 e. The molecule has 0 saturated heterocycles. The summed E-state index contributed by atoms with van der Waals surface area (Å²) in [5.41, 5.74) is 10.2. The number of thiazole rings is 1. The molecular weight excluding hydrogens is 248 g/mol. The lowest BCUT2D eigenvalue weighted by molar-refractivity contribution is 1.40. The van der Waals surface area contributed by atoms with Crippen molar-refractivity contribution in [2.24, 2.45) is 0 Å². The molecule has 2 nitrogen and oxygen atoms in total. The SMILES string of the molecule is Nc1ccc(-c2ncsc2Br)cc1. The zero-order valence-electron chi connectivity index (χ0n) is 6.70. The Morgan fingerprint density at radius 3 is 2.46 bits per heavy atom. The van der Waals surface area contributed by atoms with E-state index in [2.05, 4.69) is 20.9 Å². The highest BCUT2D eigenvalue weighted by atomic mass is 79.9. The first kappa shape index (κ1) is 8.72. The van der Waals surface area contributed by atoms with Crippen LogP contribution < -0.4 is 5.73 Å². The second-order valence-electron chi connectivity index (χ2n) is 2.60. The molecule has 0 saturated carbocycles. The molecular formula is C9H7BrN2S. The van der Waals surface area contributed by atoms with Crippen molar-refractivity contribution >= 4 is 33.0 Å². The van der Waals surface area contributed by atoms with Crippen LogP contribution in [0.3, 0.4) is 0 Å². The van der Waals surface area contributed by atoms with Crippen LogP contribution in [0, 0.1) is 0 Å². The smallest absolute Gasteiger partial charge is 0.0976 e. The van der Waals surface area contributed by atoms with E-state index in [4.69, 9.17) is 5.73 Å². The van der Waals surface area contributed by atoms with E-state index >= 15 is 0 Å². The summed E-state index contributed by atoms with van der Waals surface area (Å²) in [7, 11) is 0. The third-order valence-corrected chi connectivity index (χ3v) is 3.26. The van der Waals surface area contributed by atoms with Crippen molar-refractivity contribution in [3.05, 3.63) is 33.6 Å². The van der Waals surface area contributed by atoms with Crippen molar-refractivity contribution < 1.29 is 0 Å². The monoisotopic (exact) mass is 254 g/mol. The molecule has 1 aromatic carbocycles. The lowest BCUT2D eigenvalue weighted by atomic mass is 10.2. The Morgan fingerprint density at radius 2 is 1.92 bits per heavy atom. The second kappa shape index (κ2) is 3.47. The number of nitrogens with two attached hydrogens (primary N) is 1. The molecule has 0 spiro atoms. The van der Waals surface area contributed by atoms with Gasteiger partial charge in [0, 0.05) is 11.3 Å². The van der Waals surface area contributed by atoms with Gasteiger partial charge in [0.25, 0.3) is 0 Å². The Labute approximate surface area is 88.6 Å². The van der Waals surface area contributed by atoms with E-state index < -0.39 is 0 Å². The highest BCUT2D eigenvalue weighted by Crippen LogP contribution is 2.30. The van der Waals surface area contributed by atoms with E-state index in [1.165, 1.54) is 0 Å². The fourth-order valence-corrected chi connectivity index (χ4v) is 2.18. The summed E-state index contributed by atoms with van der Waals surface area (Å²) in [6.07, 6.45) is 0. The number of hydrogen-bond acceptors (Lipinski definition) is 3. The van der Waals surface area contributed by atoms with Gasteiger partial charge in [0.05, 0.1) is 15.0 Å². The average molecular weight is 255 g/mol. The molecule has 2 aromatic rings. The minimum atomic E-state index is 0.773. The minimum absolute atomic E-state index is 0.773. The first-order chi connectivity index (χ1) is 6.27.